The van der Waals surface area contributed by atoms with Crippen LogP contribution >= 0.6 is 0 Å². The summed E-state index contributed by atoms with van der Waals surface area (Å²) in [6, 6.07) is 14.0. The molecule has 0 spiro atoms. The van der Waals surface area contributed by atoms with Crippen LogP contribution in [0.2, 0.25) is 0 Å². The van der Waals surface area contributed by atoms with Gasteiger partial charge in [-0.05, 0) is 43.0 Å². The van der Waals surface area contributed by atoms with Crippen molar-refractivity contribution in [1.29, 1.82) is 0 Å². The molecule has 0 unspecified atom stereocenters. The second-order valence-corrected chi connectivity index (χ2v) is 6.08. The van der Waals surface area contributed by atoms with Crippen molar-refractivity contribution in [3.63, 3.8) is 0 Å². The average Bonchev–Trinajstić information content (AvgIpc) is 2.58. The molecule has 1 N–H and O–H groups in total. The maximum Gasteiger partial charge on any atom is 0.317 e. The summed E-state index contributed by atoms with van der Waals surface area (Å²) in [6.07, 6.45) is 0. The van der Waals surface area contributed by atoms with E-state index in [2.05, 4.69) is 31.3 Å². The van der Waals surface area contributed by atoms with Gasteiger partial charge in [-0.15, -0.1) is 0 Å². The van der Waals surface area contributed by atoms with Crippen molar-refractivity contribution in [3.05, 3.63) is 64.7 Å². The lowest BCUT2D eigenvalue weighted by molar-refractivity contribution is 0.203. The molecular weight excluding hydrogens is 300 g/mol. The molecule has 0 atom stereocenters. The number of aryl methyl sites for hydroxylation is 2. The lowest BCUT2D eigenvalue weighted by Gasteiger charge is -2.19. The van der Waals surface area contributed by atoms with Crippen LogP contribution in [0.25, 0.3) is 0 Å². The van der Waals surface area contributed by atoms with Crippen LogP contribution in [0.4, 0.5) is 4.79 Å². The van der Waals surface area contributed by atoms with Gasteiger partial charge in [0.15, 0.2) is 0 Å². The minimum Gasteiger partial charge on any atom is -0.491 e. The molecule has 4 heteroatoms. The first-order chi connectivity index (χ1) is 11.5. The Balaban J connectivity index is 1.78. The normalized spacial score (nSPS) is 10.3. The number of carbonyl (C=O) groups excluding carboxylic acids is 1. The summed E-state index contributed by atoms with van der Waals surface area (Å²) in [6.45, 7) is 7.68. The number of amides is 2. The molecule has 0 bridgehead atoms. The maximum atomic E-state index is 12.1. The van der Waals surface area contributed by atoms with Gasteiger partial charge < -0.3 is 15.0 Å². The molecule has 0 radical (unpaired) electrons. The number of nitrogens with one attached hydrogen (secondary N) is 1. The van der Waals surface area contributed by atoms with Crippen LogP contribution in [0, 0.1) is 20.8 Å². The molecule has 2 amide bonds. The third-order valence-electron chi connectivity index (χ3n) is 4.11. The van der Waals surface area contributed by atoms with E-state index in [-0.39, 0.29) is 6.03 Å². The highest BCUT2D eigenvalue weighted by atomic mass is 16.5. The van der Waals surface area contributed by atoms with E-state index in [0.29, 0.717) is 19.7 Å². The Hall–Kier alpha value is -2.49. The summed E-state index contributed by atoms with van der Waals surface area (Å²) in [4.78, 5) is 13.8. The quantitative estimate of drug-likeness (QED) is 0.820. The van der Waals surface area contributed by atoms with E-state index in [1.165, 1.54) is 5.56 Å². The molecule has 2 rings (SSSR count). The fourth-order valence-corrected chi connectivity index (χ4v) is 2.52. The SMILES string of the molecule is Cc1ccc(C)c(OCCNC(=O)N(C)Cc2ccccc2)c1C. The molecule has 0 saturated carbocycles. The second-order valence-electron chi connectivity index (χ2n) is 6.08. The van der Waals surface area contributed by atoms with E-state index in [1.54, 1.807) is 11.9 Å². The van der Waals surface area contributed by atoms with Crippen LogP contribution < -0.4 is 10.1 Å². The number of hydrogen-bond donors (Lipinski definition) is 1. The summed E-state index contributed by atoms with van der Waals surface area (Å²) in [5, 5.41) is 2.89. The van der Waals surface area contributed by atoms with Crippen LogP contribution in [0.3, 0.4) is 0 Å². The molecule has 2 aromatic carbocycles. The zero-order valence-electron chi connectivity index (χ0n) is 14.9. The van der Waals surface area contributed by atoms with Crippen molar-refractivity contribution in [1.82, 2.24) is 10.2 Å². The molecule has 0 heterocycles. The minimum atomic E-state index is -0.0971. The standard InChI is InChI=1S/C20H26N2O2/c1-15-10-11-16(2)19(17(15)3)24-13-12-21-20(23)22(4)14-18-8-6-5-7-9-18/h5-11H,12-14H2,1-4H3,(H,21,23). The lowest BCUT2D eigenvalue weighted by Crippen LogP contribution is -2.38. The lowest BCUT2D eigenvalue weighted by atomic mass is 10.1. The monoisotopic (exact) mass is 326 g/mol. The molecule has 0 aliphatic heterocycles. The van der Waals surface area contributed by atoms with Crippen molar-refractivity contribution < 1.29 is 9.53 Å². The van der Waals surface area contributed by atoms with Crippen molar-refractivity contribution in [2.45, 2.75) is 27.3 Å². The molecule has 2 aromatic rings. The summed E-state index contributed by atoms with van der Waals surface area (Å²) in [7, 11) is 1.79. The number of benzene rings is 2. The number of nitrogens with zero attached hydrogens (tertiary/aromatic N) is 1. The number of urea groups is 1. The third-order valence-corrected chi connectivity index (χ3v) is 4.11. The van der Waals surface area contributed by atoms with Gasteiger partial charge in [0.2, 0.25) is 0 Å². The molecule has 0 fully saturated rings. The number of hydrogen-bond acceptors (Lipinski definition) is 2. The van der Waals surface area contributed by atoms with Gasteiger partial charge in [-0.2, -0.15) is 0 Å². The predicted molar refractivity (Wildman–Crippen MR) is 97.5 cm³/mol. The highest BCUT2D eigenvalue weighted by molar-refractivity contribution is 5.73. The number of carbonyl (C=O) groups is 1. The molecule has 0 aliphatic carbocycles. The average molecular weight is 326 g/mol. The van der Waals surface area contributed by atoms with Gasteiger partial charge in [0.25, 0.3) is 0 Å². The van der Waals surface area contributed by atoms with E-state index in [0.717, 1.165) is 22.4 Å². The first-order valence-electron chi connectivity index (χ1n) is 8.21. The van der Waals surface area contributed by atoms with Gasteiger partial charge in [-0.3, -0.25) is 0 Å². The molecule has 0 aromatic heterocycles. The predicted octanol–water partition coefficient (Wildman–Crippen LogP) is 3.83. The topological polar surface area (TPSA) is 41.6 Å². The summed E-state index contributed by atoms with van der Waals surface area (Å²) < 4.78 is 5.86. The highest BCUT2D eigenvalue weighted by Gasteiger charge is 2.09. The Morgan fingerprint density at radius 2 is 1.71 bits per heavy atom. The molecule has 0 saturated heterocycles. The Kier molecular flexibility index (Phi) is 6.24. The maximum absolute atomic E-state index is 12.1. The fourth-order valence-electron chi connectivity index (χ4n) is 2.52. The zero-order valence-corrected chi connectivity index (χ0v) is 14.9. The van der Waals surface area contributed by atoms with E-state index in [1.807, 2.05) is 37.3 Å². The second kappa shape index (κ2) is 8.39. The van der Waals surface area contributed by atoms with Crippen LogP contribution in [-0.4, -0.2) is 31.1 Å². The van der Waals surface area contributed by atoms with Crippen molar-refractivity contribution >= 4 is 6.03 Å². The summed E-state index contributed by atoms with van der Waals surface area (Å²) in [5.41, 5.74) is 4.59. The Bertz CT molecular complexity index is 684. The number of rotatable bonds is 6. The van der Waals surface area contributed by atoms with Crippen LogP contribution in [0.15, 0.2) is 42.5 Å². The third kappa shape index (κ3) is 4.75. The van der Waals surface area contributed by atoms with E-state index in [4.69, 9.17) is 4.74 Å². The first kappa shape index (κ1) is 17.9. The molecule has 24 heavy (non-hydrogen) atoms. The molecule has 0 aliphatic rings. The van der Waals surface area contributed by atoms with E-state index < -0.39 is 0 Å². The van der Waals surface area contributed by atoms with Gasteiger partial charge in [0.05, 0.1) is 6.54 Å². The highest BCUT2D eigenvalue weighted by Crippen LogP contribution is 2.25. The van der Waals surface area contributed by atoms with Gasteiger partial charge in [-0.25, -0.2) is 4.79 Å². The van der Waals surface area contributed by atoms with Crippen molar-refractivity contribution in [2.24, 2.45) is 0 Å². The van der Waals surface area contributed by atoms with Gasteiger partial charge in [-0.1, -0.05) is 42.5 Å². The van der Waals surface area contributed by atoms with Crippen LogP contribution in [-0.2, 0) is 6.54 Å². The first-order valence-corrected chi connectivity index (χ1v) is 8.21. The van der Waals surface area contributed by atoms with E-state index >= 15 is 0 Å². The zero-order chi connectivity index (χ0) is 17.5. The summed E-state index contributed by atoms with van der Waals surface area (Å²) in [5.74, 6) is 0.918. The molecule has 128 valence electrons. The molecular formula is C20H26N2O2. The Morgan fingerprint density at radius 3 is 2.42 bits per heavy atom. The Morgan fingerprint density at radius 1 is 1.04 bits per heavy atom. The van der Waals surface area contributed by atoms with Crippen molar-refractivity contribution in [3.8, 4) is 5.75 Å². The van der Waals surface area contributed by atoms with Gasteiger partial charge in [0, 0.05) is 13.6 Å². The smallest absolute Gasteiger partial charge is 0.317 e. The van der Waals surface area contributed by atoms with E-state index in [9.17, 15) is 4.79 Å². The van der Waals surface area contributed by atoms with Gasteiger partial charge in [0.1, 0.15) is 12.4 Å². The van der Waals surface area contributed by atoms with Gasteiger partial charge >= 0.3 is 6.03 Å². The fraction of sp³-hybridized carbons (Fsp3) is 0.350. The van der Waals surface area contributed by atoms with Crippen LogP contribution in [0.1, 0.15) is 22.3 Å². The minimum absolute atomic E-state index is 0.0971. The van der Waals surface area contributed by atoms with Crippen molar-refractivity contribution in [2.75, 3.05) is 20.2 Å². The Labute approximate surface area is 144 Å². The number of ether oxygens (including phenoxy) is 1. The summed E-state index contributed by atoms with van der Waals surface area (Å²) >= 11 is 0. The van der Waals surface area contributed by atoms with Crippen LogP contribution in [0.5, 0.6) is 5.75 Å². The molecule has 4 nitrogen and oxygen atoms in total. The largest absolute Gasteiger partial charge is 0.491 e.